The zero-order valence-corrected chi connectivity index (χ0v) is 10.6. The van der Waals surface area contributed by atoms with Crippen molar-refractivity contribution in [3.8, 4) is 5.75 Å². The number of urea groups is 1. The van der Waals surface area contributed by atoms with Crippen LogP contribution in [0.2, 0.25) is 0 Å². The van der Waals surface area contributed by atoms with Crippen molar-refractivity contribution in [2.45, 2.75) is 12.8 Å². The number of hydrogen-bond donors (Lipinski definition) is 1. The predicted molar refractivity (Wildman–Crippen MR) is 72.0 cm³/mol. The van der Waals surface area contributed by atoms with Crippen molar-refractivity contribution in [1.29, 1.82) is 0 Å². The highest BCUT2D eigenvalue weighted by Gasteiger charge is 2.18. The molecule has 0 spiro atoms. The largest absolute Gasteiger partial charge is 0.495 e. The predicted octanol–water partition coefficient (Wildman–Crippen LogP) is 2.88. The van der Waals surface area contributed by atoms with Gasteiger partial charge in [0.25, 0.3) is 0 Å². The van der Waals surface area contributed by atoms with E-state index in [1.165, 1.54) is 5.57 Å². The van der Waals surface area contributed by atoms with Gasteiger partial charge in [-0.3, -0.25) is 0 Å². The van der Waals surface area contributed by atoms with Gasteiger partial charge in [0.1, 0.15) is 5.75 Å². The molecule has 0 saturated carbocycles. The Hall–Kier alpha value is -1.97. The molecule has 1 saturated heterocycles. The molecule has 4 nitrogen and oxygen atoms in total. The number of nitrogens with zero attached hydrogens (tertiary/aromatic N) is 1. The summed E-state index contributed by atoms with van der Waals surface area (Å²) < 4.78 is 5.20. The molecule has 1 aromatic rings. The van der Waals surface area contributed by atoms with Crippen molar-refractivity contribution in [2.24, 2.45) is 0 Å². The number of methoxy groups -OCH3 is 1. The van der Waals surface area contributed by atoms with Crippen molar-refractivity contribution in [3.05, 3.63) is 36.4 Å². The maximum Gasteiger partial charge on any atom is 0.321 e. The number of amides is 2. The quantitative estimate of drug-likeness (QED) is 0.815. The van der Waals surface area contributed by atoms with E-state index < -0.39 is 0 Å². The molecule has 1 N–H and O–H groups in total. The number of likely N-dealkylation sites (tertiary alicyclic amines) is 1. The third kappa shape index (κ3) is 2.83. The van der Waals surface area contributed by atoms with Crippen LogP contribution in [0, 0.1) is 0 Å². The van der Waals surface area contributed by atoms with Crippen molar-refractivity contribution < 1.29 is 9.53 Å². The zero-order valence-electron chi connectivity index (χ0n) is 10.6. The van der Waals surface area contributed by atoms with Gasteiger partial charge in [-0.05, 0) is 25.0 Å². The third-order valence-corrected chi connectivity index (χ3v) is 3.11. The van der Waals surface area contributed by atoms with E-state index in [-0.39, 0.29) is 6.03 Å². The average molecular weight is 246 g/mol. The molecule has 1 aromatic carbocycles. The van der Waals surface area contributed by atoms with E-state index in [9.17, 15) is 4.79 Å². The summed E-state index contributed by atoms with van der Waals surface area (Å²) in [5.74, 6) is 0.673. The molecule has 0 aliphatic carbocycles. The molecule has 0 radical (unpaired) electrons. The minimum Gasteiger partial charge on any atom is -0.495 e. The van der Waals surface area contributed by atoms with Crippen LogP contribution in [0.25, 0.3) is 0 Å². The van der Waals surface area contributed by atoms with Crippen LogP contribution in [-0.2, 0) is 0 Å². The molecule has 1 heterocycles. The van der Waals surface area contributed by atoms with Crippen LogP contribution in [0.15, 0.2) is 36.4 Å². The maximum atomic E-state index is 12.1. The van der Waals surface area contributed by atoms with Gasteiger partial charge in [-0.25, -0.2) is 4.79 Å². The summed E-state index contributed by atoms with van der Waals surface area (Å²) in [4.78, 5) is 13.9. The number of hydrogen-bond acceptors (Lipinski definition) is 2. The van der Waals surface area contributed by atoms with Gasteiger partial charge in [-0.15, -0.1) is 0 Å². The minimum absolute atomic E-state index is 0.0769. The summed E-state index contributed by atoms with van der Waals surface area (Å²) in [6.45, 7) is 5.41. The van der Waals surface area contributed by atoms with Gasteiger partial charge < -0.3 is 15.0 Å². The Morgan fingerprint density at radius 3 is 2.67 bits per heavy atom. The minimum atomic E-state index is -0.0769. The summed E-state index contributed by atoms with van der Waals surface area (Å²) >= 11 is 0. The van der Waals surface area contributed by atoms with Crippen LogP contribution < -0.4 is 10.1 Å². The van der Waals surface area contributed by atoms with E-state index in [1.54, 1.807) is 12.0 Å². The fraction of sp³-hybridized carbons (Fsp3) is 0.357. The molecule has 4 heteroatoms. The lowest BCUT2D eigenvalue weighted by atomic mass is 10.1. The van der Waals surface area contributed by atoms with E-state index in [0.717, 1.165) is 25.9 Å². The lowest BCUT2D eigenvalue weighted by molar-refractivity contribution is 0.207. The fourth-order valence-corrected chi connectivity index (χ4v) is 1.97. The lowest BCUT2D eigenvalue weighted by Gasteiger charge is -2.28. The number of rotatable bonds is 2. The molecule has 1 aliphatic rings. The number of ether oxygens (including phenoxy) is 1. The first-order valence-corrected chi connectivity index (χ1v) is 6.06. The van der Waals surface area contributed by atoms with Gasteiger partial charge in [0.15, 0.2) is 0 Å². The topological polar surface area (TPSA) is 41.6 Å². The monoisotopic (exact) mass is 246 g/mol. The van der Waals surface area contributed by atoms with Gasteiger partial charge in [0.05, 0.1) is 12.8 Å². The SMILES string of the molecule is C=C1CCN(C(=O)Nc2ccccc2OC)CC1. The molecular weight excluding hydrogens is 228 g/mol. The number of carbonyl (C=O) groups excluding carboxylic acids is 1. The number of para-hydroxylation sites is 2. The highest BCUT2D eigenvalue weighted by Crippen LogP contribution is 2.24. The second kappa shape index (κ2) is 5.58. The van der Waals surface area contributed by atoms with Gasteiger partial charge in [-0.1, -0.05) is 24.3 Å². The second-order valence-electron chi connectivity index (χ2n) is 4.37. The second-order valence-corrected chi connectivity index (χ2v) is 4.37. The molecule has 0 atom stereocenters. The third-order valence-electron chi connectivity index (χ3n) is 3.11. The Morgan fingerprint density at radius 1 is 1.33 bits per heavy atom. The molecular formula is C14H18N2O2. The molecule has 2 amide bonds. The van der Waals surface area contributed by atoms with Crippen molar-refractivity contribution >= 4 is 11.7 Å². The number of anilines is 1. The summed E-state index contributed by atoms with van der Waals surface area (Å²) in [6.07, 6.45) is 1.78. The number of carbonyl (C=O) groups is 1. The Labute approximate surface area is 107 Å². The Bertz CT molecular complexity index is 447. The lowest BCUT2D eigenvalue weighted by Crippen LogP contribution is -2.39. The first-order chi connectivity index (χ1) is 8.70. The van der Waals surface area contributed by atoms with E-state index in [0.29, 0.717) is 11.4 Å². The summed E-state index contributed by atoms with van der Waals surface area (Å²) in [5.41, 5.74) is 1.92. The number of benzene rings is 1. The van der Waals surface area contributed by atoms with Gasteiger partial charge in [-0.2, -0.15) is 0 Å². The molecule has 0 bridgehead atoms. The first-order valence-electron chi connectivity index (χ1n) is 6.06. The molecule has 1 fully saturated rings. The first kappa shape index (κ1) is 12.5. The van der Waals surface area contributed by atoms with Crippen LogP contribution in [0.3, 0.4) is 0 Å². The fourth-order valence-electron chi connectivity index (χ4n) is 1.97. The molecule has 1 aliphatic heterocycles. The molecule has 96 valence electrons. The molecule has 18 heavy (non-hydrogen) atoms. The molecule has 2 rings (SSSR count). The van der Waals surface area contributed by atoms with Crippen molar-refractivity contribution in [3.63, 3.8) is 0 Å². The van der Waals surface area contributed by atoms with E-state index in [1.807, 2.05) is 24.3 Å². The highest BCUT2D eigenvalue weighted by molar-refractivity contribution is 5.91. The highest BCUT2D eigenvalue weighted by atomic mass is 16.5. The van der Waals surface area contributed by atoms with E-state index in [2.05, 4.69) is 11.9 Å². The zero-order chi connectivity index (χ0) is 13.0. The Balaban J connectivity index is 2.00. The van der Waals surface area contributed by atoms with E-state index in [4.69, 9.17) is 4.74 Å². The van der Waals surface area contributed by atoms with Crippen LogP contribution in [-0.4, -0.2) is 31.1 Å². The normalized spacial score (nSPS) is 15.4. The molecule has 0 unspecified atom stereocenters. The Morgan fingerprint density at radius 2 is 2.00 bits per heavy atom. The van der Waals surface area contributed by atoms with E-state index >= 15 is 0 Å². The van der Waals surface area contributed by atoms with Crippen LogP contribution in [0.1, 0.15) is 12.8 Å². The van der Waals surface area contributed by atoms with Crippen molar-refractivity contribution in [1.82, 2.24) is 4.90 Å². The van der Waals surface area contributed by atoms with Crippen LogP contribution >= 0.6 is 0 Å². The van der Waals surface area contributed by atoms with Crippen LogP contribution in [0.5, 0.6) is 5.75 Å². The van der Waals surface area contributed by atoms with Crippen LogP contribution in [0.4, 0.5) is 10.5 Å². The summed E-state index contributed by atoms with van der Waals surface area (Å²) in [6, 6.07) is 7.33. The van der Waals surface area contributed by atoms with Crippen molar-refractivity contribution in [2.75, 3.05) is 25.5 Å². The molecule has 0 aromatic heterocycles. The van der Waals surface area contributed by atoms with Gasteiger partial charge >= 0.3 is 6.03 Å². The standard InChI is InChI=1S/C14H18N2O2/c1-11-7-9-16(10-8-11)14(17)15-12-5-3-4-6-13(12)18-2/h3-6H,1,7-10H2,2H3,(H,15,17). The van der Waals surface area contributed by atoms with Gasteiger partial charge in [0.2, 0.25) is 0 Å². The van der Waals surface area contributed by atoms with Gasteiger partial charge in [0, 0.05) is 13.1 Å². The number of nitrogens with one attached hydrogen (secondary N) is 1. The summed E-state index contributed by atoms with van der Waals surface area (Å²) in [5, 5.41) is 2.88. The summed E-state index contributed by atoms with van der Waals surface area (Å²) in [7, 11) is 1.59. The maximum absolute atomic E-state index is 12.1. The average Bonchev–Trinajstić information content (AvgIpc) is 2.40. The Kier molecular flexibility index (Phi) is 3.87. The number of piperidine rings is 1. The smallest absolute Gasteiger partial charge is 0.321 e.